The lowest BCUT2D eigenvalue weighted by atomic mass is 9.69. The molecule has 0 fully saturated rings. The Bertz CT molecular complexity index is 1140. The average molecular weight is 431 g/mol. The third kappa shape index (κ3) is 2.96. The molecule has 0 saturated heterocycles. The van der Waals surface area contributed by atoms with Crippen molar-refractivity contribution in [2.24, 2.45) is 0 Å². The van der Waals surface area contributed by atoms with E-state index in [1.807, 2.05) is 6.07 Å². The number of hydrogen-bond donors (Lipinski definition) is 2. The van der Waals surface area contributed by atoms with Crippen molar-refractivity contribution in [3.63, 3.8) is 0 Å². The van der Waals surface area contributed by atoms with Crippen LogP contribution in [-0.4, -0.2) is 32.6 Å². The van der Waals surface area contributed by atoms with Gasteiger partial charge in [0.25, 0.3) is 0 Å². The van der Waals surface area contributed by atoms with Gasteiger partial charge in [-0.3, -0.25) is 0 Å². The van der Waals surface area contributed by atoms with Crippen LogP contribution in [0.3, 0.4) is 0 Å². The second-order valence-electron chi connectivity index (χ2n) is 7.95. The quantitative estimate of drug-likeness (QED) is 0.572. The minimum absolute atomic E-state index is 0.305. The molecule has 2 aliphatic rings. The maximum absolute atomic E-state index is 14.2. The lowest BCUT2D eigenvalue weighted by Gasteiger charge is -2.47. The van der Waals surface area contributed by atoms with E-state index in [1.54, 1.807) is 55.2 Å². The molecule has 0 bridgehead atoms. The van der Waals surface area contributed by atoms with Crippen LogP contribution in [0, 0.1) is 6.92 Å². The summed E-state index contributed by atoms with van der Waals surface area (Å²) >= 11 is 1.67. The summed E-state index contributed by atoms with van der Waals surface area (Å²) in [6.07, 6.45) is -2.89. The average Bonchev–Trinajstić information content (AvgIpc) is 2.70. The highest BCUT2D eigenvalue weighted by atomic mass is 32.2. The van der Waals surface area contributed by atoms with Gasteiger partial charge in [-0.2, -0.15) is 13.2 Å². The highest BCUT2D eigenvalue weighted by Crippen LogP contribution is 2.56. The van der Waals surface area contributed by atoms with Crippen LogP contribution < -0.4 is 5.32 Å². The predicted molar refractivity (Wildman–Crippen MR) is 111 cm³/mol. The van der Waals surface area contributed by atoms with E-state index in [9.17, 15) is 18.3 Å². The number of hydrogen-bond acceptors (Lipinski definition) is 5. The highest BCUT2D eigenvalue weighted by molar-refractivity contribution is 7.99. The van der Waals surface area contributed by atoms with Gasteiger partial charge < -0.3 is 10.4 Å². The Balaban J connectivity index is 1.68. The van der Waals surface area contributed by atoms with Crippen LogP contribution in [0.25, 0.3) is 10.9 Å². The number of nitrogens with one attached hydrogen (secondary N) is 1. The van der Waals surface area contributed by atoms with E-state index in [-0.39, 0.29) is 12.3 Å². The largest absolute Gasteiger partial charge is 0.419 e. The van der Waals surface area contributed by atoms with Crippen molar-refractivity contribution in [2.45, 2.75) is 48.4 Å². The second-order valence-corrected chi connectivity index (χ2v) is 9.09. The first-order valence-corrected chi connectivity index (χ1v) is 10.8. The van der Waals surface area contributed by atoms with Crippen molar-refractivity contribution >= 4 is 28.4 Å². The van der Waals surface area contributed by atoms with Gasteiger partial charge in [0.15, 0.2) is 5.60 Å². The number of aliphatic hydroxyl groups is 1. The summed E-state index contributed by atoms with van der Waals surface area (Å²) in [5.74, 6) is 1.04. The first-order valence-electron chi connectivity index (χ1n) is 9.81. The molecule has 156 valence electrons. The van der Waals surface area contributed by atoms with Gasteiger partial charge in [0.05, 0.1) is 11.6 Å². The Labute approximate surface area is 175 Å². The van der Waals surface area contributed by atoms with Crippen LogP contribution >= 0.6 is 11.8 Å². The Morgan fingerprint density at radius 1 is 1.20 bits per heavy atom. The maximum atomic E-state index is 14.2. The van der Waals surface area contributed by atoms with Crippen LogP contribution in [0.1, 0.15) is 41.8 Å². The van der Waals surface area contributed by atoms with Crippen LogP contribution in [0.15, 0.2) is 47.5 Å². The molecular formula is C22H20F3N3OS. The van der Waals surface area contributed by atoms with E-state index in [0.717, 1.165) is 16.2 Å². The van der Waals surface area contributed by atoms with E-state index < -0.39 is 17.8 Å². The number of benzene rings is 2. The number of nitrogens with zero attached hydrogens (tertiary/aromatic N) is 2. The van der Waals surface area contributed by atoms with Gasteiger partial charge in [-0.25, -0.2) is 9.97 Å². The molecular weight excluding hydrogens is 411 g/mol. The molecule has 5 rings (SSSR count). The molecule has 0 radical (unpaired) electrons. The van der Waals surface area contributed by atoms with Crippen molar-refractivity contribution in [3.05, 3.63) is 59.5 Å². The zero-order chi connectivity index (χ0) is 21.1. The topological polar surface area (TPSA) is 58.0 Å². The van der Waals surface area contributed by atoms with Gasteiger partial charge in [-0.05, 0) is 60.8 Å². The molecule has 0 amide bonds. The fourth-order valence-corrected chi connectivity index (χ4v) is 5.93. The standard InChI is InChI=1S/C22H20F3N3OS/c1-12-26-11-15-16(27-12)5-3-6-17(15)28-20-14-4-2-7-18-19(14)13(8-9-30-18)10-21(20,29)22(23,24)25/h2-7,11,13,20,28-29H,8-10H2,1H3. The van der Waals surface area contributed by atoms with Crippen LogP contribution in [0.4, 0.5) is 18.9 Å². The lowest BCUT2D eigenvalue weighted by molar-refractivity contribution is -0.273. The van der Waals surface area contributed by atoms with Gasteiger partial charge in [0.1, 0.15) is 5.82 Å². The third-order valence-corrected chi connectivity index (χ3v) is 7.22. The second kappa shape index (κ2) is 6.85. The number of aromatic nitrogens is 2. The van der Waals surface area contributed by atoms with E-state index in [1.165, 1.54) is 0 Å². The summed E-state index contributed by atoms with van der Waals surface area (Å²) in [6, 6.07) is 9.35. The first-order chi connectivity index (χ1) is 14.3. The predicted octanol–water partition coefficient (Wildman–Crippen LogP) is 5.37. The van der Waals surface area contributed by atoms with E-state index >= 15 is 0 Å². The van der Waals surface area contributed by atoms with Crippen molar-refractivity contribution in [3.8, 4) is 0 Å². The molecule has 1 aliphatic carbocycles. The van der Waals surface area contributed by atoms with Gasteiger partial charge in [-0.1, -0.05) is 18.2 Å². The molecule has 8 heteroatoms. The Morgan fingerprint density at radius 2 is 2.00 bits per heavy atom. The number of thioether (sulfide) groups is 1. The van der Waals surface area contributed by atoms with Gasteiger partial charge in [0, 0.05) is 22.2 Å². The molecule has 3 atom stereocenters. The van der Waals surface area contributed by atoms with Crippen LogP contribution in [0.5, 0.6) is 0 Å². The summed E-state index contributed by atoms with van der Waals surface area (Å²) in [6.45, 7) is 1.76. The number of aryl methyl sites for hydroxylation is 1. The monoisotopic (exact) mass is 431 g/mol. The summed E-state index contributed by atoms with van der Waals surface area (Å²) in [7, 11) is 0. The number of halogens is 3. The van der Waals surface area contributed by atoms with Gasteiger partial charge in [0.2, 0.25) is 0 Å². The van der Waals surface area contributed by atoms with E-state index in [0.29, 0.717) is 34.4 Å². The molecule has 0 spiro atoms. The summed E-state index contributed by atoms with van der Waals surface area (Å²) in [5.41, 5.74) is -0.311. The number of rotatable bonds is 2. The fraction of sp³-hybridized carbons (Fsp3) is 0.364. The van der Waals surface area contributed by atoms with Crippen molar-refractivity contribution in [2.75, 3.05) is 11.1 Å². The summed E-state index contributed by atoms with van der Waals surface area (Å²) < 4.78 is 42.7. The zero-order valence-electron chi connectivity index (χ0n) is 16.2. The molecule has 30 heavy (non-hydrogen) atoms. The van der Waals surface area contributed by atoms with Crippen molar-refractivity contribution in [1.29, 1.82) is 0 Å². The maximum Gasteiger partial charge on any atom is 0.419 e. The molecule has 2 heterocycles. The third-order valence-electron chi connectivity index (χ3n) is 6.11. The van der Waals surface area contributed by atoms with Gasteiger partial charge >= 0.3 is 6.18 Å². The smallest absolute Gasteiger partial charge is 0.379 e. The fourth-order valence-electron chi connectivity index (χ4n) is 4.69. The number of fused-ring (bicyclic) bond motifs is 1. The Morgan fingerprint density at radius 3 is 2.80 bits per heavy atom. The molecule has 1 aliphatic heterocycles. The normalized spacial score (nSPS) is 25.8. The lowest BCUT2D eigenvalue weighted by Crippen LogP contribution is -2.56. The van der Waals surface area contributed by atoms with Crippen LogP contribution in [-0.2, 0) is 0 Å². The van der Waals surface area contributed by atoms with E-state index in [4.69, 9.17) is 0 Å². The molecule has 4 nitrogen and oxygen atoms in total. The first kappa shape index (κ1) is 19.6. The van der Waals surface area contributed by atoms with Crippen molar-refractivity contribution < 1.29 is 18.3 Å². The molecule has 2 aromatic carbocycles. The summed E-state index contributed by atoms with van der Waals surface area (Å²) in [4.78, 5) is 9.58. The summed E-state index contributed by atoms with van der Waals surface area (Å²) in [5, 5.41) is 14.7. The van der Waals surface area contributed by atoms with Gasteiger partial charge in [-0.15, -0.1) is 11.8 Å². The minimum Gasteiger partial charge on any atom is -0.379 e. The Kier molecular flexibility index (Phi) is 4.48. The van der Waals surface area contributed by atoms with Crippen LogP contribution in [0.2, 0.25) is 0 Å². The molecule has 0 saturated carbocycles. The Hall–Kier alpha value is -2.32. The molecule has 3 unspecified atom stereocenters. The highest BCUT2D eigenvalue weighted by Gasteiger charge is 2.62. The number of alkyl halides is 3. The SMILES string of the molecule is Cc1ncc2c(NC3c4cccc5c4C(CCS5)CC3(O)C(F)(F)F)cccc2n1. The minimum atomic E-state index is -4.78. The van der Waals surface area contributed by atoms with Crippen molar-refractivity contribution in [1.82, 2.24) is 9.97 Å². The molecule has 2 N–H and O–H groups in total. The molecule has 3 aromatic rings. The van der Waals surface area contributed by atoms with E-state index in [2.05, 4.69) is 15.3 Å². The zero-order valence-corrected chi connectivity index (χ0v) is 17.0. The number of anilines is 1. The molecule has 1 aromatic heterocycles.